The lowest BCUT2D eigenvalue weighted by molar-refractivity contribution is -0.115. The van der Waals surface area contributed by atoms with Crippen molar-refractivity contribution < 1.29 is 4.79 Å². The van der Waals surface area contributed by atoms with Crippen LogP contribution in [-0.2, 0) is 4.79 Å². The first-order chi connectivity index (χ1) is 7.13. The minimum Gasteiger partial charge on any atom is -0.322 e. The maximum absolute atomic E-state index is 11.3. The van der Waals surface area contributed by atoms with Gasteiger partial charge in [-0.3, -0.25) is 9.48 Å². The summed E-state index contributed by atoms with van der Waals surface area (Å²) in [5, 5.41) is 9.86. The number of amides is 1. The molecule has 0 aromatic carbocycles. The molecule has 1 aromatic rings. The molecule has 1 aromatic heterocycles. The lowest BCUT2D eigenvalue weighted by Gasteiger charge is -2.04. The van der Waals surface area contributed by atoms with Crippen molar-refractivity contribution in [3.63, 3.8) is 0 Å². The minimum absolute atomic E-state index is 0.0415. The number of rotatable bonds is 5. The molecular formula is C10H18N4O. The average molecular weight is 210 g/mol. The number of hydrogen-bond acceptors (Lipinski definition) is 3. The highest BCUT2D eigenvalue weighted by molar-refractivity contribution is 5.91. The van der Waals surface area contributed by atoms with Gasteiger partial charge in [0.05, 0.1) is 18.4 Å². The highest BCUT2D eigenvalue weighted by Crippen LogP contribution is 2.09. The number of likely N-dealkylation sites (N-methyl/N-ethyl adjacent to an activating group) is 1. The summed E-state index contributed by atoms with van der Waals surface area (Å²) in [5.74, 6) is -0.0415. The lowest BCUT2D eigenvalue weighted by Crippen LogP contribution is -2.27. The van der Waals surface area contributed by atoms with Gasteiger partial charge in [-0.15, -0.1) is 0 Å². The lowest BCUT2D eigenvalue weighted by atomic mass is 10.4. The van der Waals surface area contributed by atoms with Gasteiger partial charge < -0.3 is 10.6 Å². The molecule has 0 spiro atoms. The van der Waals surface area contributed by atoms with Crippen molar-refractivity contribution in [3.05, 3.63) is 12.4 Å². The van der Waals surface area contributed by atoms with Crippen molar-refractivity contribution in [2.45, 2.75) is 26.8 Å². The molecule has 2 N–H and O–H groups in total. The Bertz CT molecular complexity index is 319. The summed E-state index contributed by atoms with van der Waals surface area (Å²) in [6, 6.07) is 0.310. The maximum Gasteiger partial charge on any atom is 0.238 e. The molecule has 0 fully saturated rings. The summed E-state index contributed by atoms with van der Waals surface area (Å²) < 4.78 is 1.81. The normalized spacial score (nSPS) is 10.7. The third-order valence-electron chi connectivity index (χ3n) is 1.95. The molecule has 15 heavy (non-hydrogen) atoms. The number of nitrogens with zero attached hydrogens (tertiary/aromatic N) is 2. The van der Waals surface area contributed by atoms with Crippen LogP contribution in [0.2, 0.25) is 0 Å². The molecule has 1 heterocycles. The topological polar surface area (TPSA) is 59.0 Å². The van der Waals surface area contributed by atoms with E-state index in [0.717, 1.165) is 12.2 Å². The van der Waals surface area contributed by atoms with E-state index in [1.54, 1.807) is 6.20 Å². The zero-order valence-electron chi connectivity index (χ0n) is 9.45. The number of anilines is 1. The second kappa shape index (κ2) is 5.50. The van der Waals surface area contributed by atoms with Crippen molar-refractivity contribution in [1.82, 2.24) is 15.1 Å². The Labute approximate surface area is 89.9 Å². The summed E-state index contributed by atoms with van der Waals surface area (Å²) in [4.78, 5) is 11.3. The molecule has 0 saturated heterocycles. The van der Waals surface area contributed by atoms with Crippen LogP contribution in [0.25, 0.3) is 0 Å². The van der Waals surface area contributed by atoms with Gasteiger partial charge in [-0.25, -0.2) is 0 Å². The molecule has 1 amide bonds. The fraction of sp³-hybridized carbons (Fsp3) is 0.600. The average Bonchev–Trinajstić information content (AvgIpc) is 2.63. The zero-order valence-corrected chi connectivity index (χ0v) is 9.45. The van der Waals surface area contributed by atoms with Gasteiger partial charge >= 0.3 is 0 Å². The van der Waals surface area contributed by atoms with Gasteiger partial charge in [-0.05, 0) is 20.4 Å². The number of hydrogen-bond donors (Lipinski definition) is 2. The maximum atomic E-state index is 11.3. The smallest absolute Gasteiger partial charge is 0.238 e. The van der Waals surface area contributed by atoms with Gasteiger partial charge in [0.25, 0.3) is 0 Å². The molecule has 0 unspecified atom stereocenters. The van der Waals surface area contributed by atoms with E-state index >= 15 is 0 Å². The first kappa shape index (κ1) is 11.7. The predicted octanol–water partition coefficient (Wildman–Crippen LogP) is 1.01. The molecule has 0 aliphatic heterocycles. The molecule has 84 valence electrons. The van der Waals surface area contributed by atoms with E-state index < -0.39 is 0 Å². The SMILES string of the molecule is CCNCC(=O)Nc1cnn(C(C)C)c1. The molecular weight excluding hydrogens is 192 g/mol. The number of aromatic nitrogens is 2. The Morgan fingerprint density at radius 3 is 2.87 bits per heavy atom. The van der Waals surface area contributed by atoms with E-state index in [-0.39, 0.29) is 5.91 Å². The number of nitrogens with one attached hydrogen (secondary N) is 2. The molecule has 1 rings (SSSR count). The Morgan fingerprint density at radius 1 is 1.60 bits per heavy atom. The molecule has 0 bridgehead atoms. The minimum atomic E-state index is -0.0415. The fourth-order valence-electron chi connectivity index (χ4n) is 1.13. The highest BCUT2D eigenvalue weighted by atomic mass is 16.1. The van der Waals surface area contributed by atoms with Crippen LogP contribution in [-0.4, -0.2) is 28.8 Å². The van der Waals surface area contributed by atoms with Crippen LogP contribution in [0, 0.1) is 0 Å². The third kappa shape index (κ3) is 3.71. The molecule has 5 heteroatoms. The molecule has 0 aliphatic rings. The molecule has 5 nitrogen and oxygen atoms in total. The summed E-state index contributed by atoms with van der Waals surface area (Å²) >= 11 is 0. The van der Waals surface area contributed by atoms with Crippen LogP contribution < -0.4 is 10.6 Å². The van der Waals surface area contributed by atoms with Gasteiger partial charge in [0.2, 0.25) is 5.91 Å². The number of carbonyl (C=O) groups is 1. The van der Waals surface area contributed by atoms with Crippen LogP contribution in [0.3, 0.4) is 0 Å². The van der Waals surface area contributed by atoms with E-state index in [2.05, 4.69) is 15.7 Å². The first-order valence-corrected chi connectivity index (χ1v) is 5.18. The summed E-state index contributed by atoms with van der Waals surface area (Å²) in [5.41, 5.74) is 0.742. The summed E-state index contributed by atoms with van der Waals surface area (Å²) in [6.45, 7) is 7.17. The Morgan fingerprint density at radius 2 is 2.33 bits per heavy atom. The van der Waals surface area contributed by atoms with Crippen LogP contribution in [0.15, 0.2) is 12.4 Å². The van der Waals surface area contributed by atoms with Crippen molar-refractivity contribution in [2.24, 2.45) is 0 Å². The van der Waals surface area contributed by atoms with Crippen LogP contribution in [0.1, 0.15) is 26.8 Å². The molecule has 0 aliphatic carbocycles. The molecule has 0 radical (unpaired) electrons. The van der Waals surface area contributed by atoms with Gasteiger partial charge in [0, 0.05) is 12.2 Å². The van der Waals surface area contributed by atoms with Crippen LogP contribution >= 0.6 is 0 Å². The van der Waals surface area contributed by atoms with Gasteiger partial charge in [0.1, 0.15) is 0 Å². The second-order valence-corrected chi connectivity index (χ2v) is 3.63. The Balaban J connectivity index is 2.46. The summed E-state index contributed by atoms with van der Waals surface area (Å²) in [6.07, 6.45) is 3.48. The van der Waals surface area contributed by atoms with Crippen molar-refractivity contribution >= 4 is 11.6 Å². The Kier molecular flexibility index (Phi) is 4.30. The van der Waals surface area contributed by atoms with Gasteiger partial charge in [-0.2, -0.15) is 5.10 Å². The third-order valence-corrected chi connectivity index (χ3v) is 1.95. The van der Waals surface area contributed by atoms with Gasteiger partial charge in [0.15, 0.2) is 0 Å². The second-order valence-electron chi connectivity index (χ2n) is 3.63. The van der Waals surface area contributed by atoms with Crippen LogP contribution in [0.4, 0.5) is 5.69 Å². The number of carbonyl (C=O) groups excluding carboxylic acids is 1. The van der Waals surface area contributed by atoms with E-state index in [1.165, 1.54) is 0 Å². The van der Waals surface area contributed by atoms with Crippen molar-refractivity contribution in [1.29, 1.82) is 0 Å². The standard InChI is InChI=1S/C10H18N4O/c1-4-11-6-10(15)13-9-5-12-14(7-9)8(2)3/h5,7-8,11H,4,6H2,1-3H3,(H,13,15). The first-order valence-electron chi connectivity index (χ1n) is 5.18. The quantitative estimate of drug-likeness (QED) is 0.762. The monoisotopic (exact) mass is 210 g/mol. The molecule has 0 saturated carbocycles. The van der Waals surface area contributed by atoms with E-state index in [4.69, 9.17) is 0 Å². The Hall–Kier alpha value is -1.36. The fourth-order valence-corrected chi connectivity index (χ4v) is 1.13. The van der Waals surface area contributed by atoms with E-state index in [1.807, 2.05) is 31.6 Å². The largest absolute Gasteiger partial charge is 0.322 e. The molecule has 0 atom stereocenters. The summed E-state index contributed by atoms with van der Waals surface area (Å²) in [7, 11) is 0. The van der Waals surface area contributed by atoms with E-state index in [0.29, 0.717) is 12.6 Å². The van der Waals surface area contributed by atoms with Crippen LogP contribution in [0.5, 0.6) is 0 Å². The van der Waals surface area contributed by atoms with Crippen molar-refractivity contribution in [2.75, 3.05) is 18.4 Å². The highest BCUT2D eigenvalue weighted by Gasteiger charge is 2.04. The zero-order chi connectivity index (χ0) is 11.3. The van der Waals surface area contributed by atoms with Crippen molar-refractivity contribution in [3.8, 4) is 0 Å². The predicted molar refractivity (Wildman–Crippen MR) is 59.8 cm³/mol. The van der Waals surface area contributed by atoms with Gasteiger partial charge in [-0.1, -0.05) is 6.92 Å². The van der Waals surface area contributed by atoms with E-state index in [9.17, 15) is 4.79 Å².